The molecule has 10 heteroatoms. The molecule has 3 heterocycles. The van der Waals surface area contributed by atoms with Crippen LogP contribution in [0.5, 0.6) is 0 Å². The number of quaternary nitrogens is 3. The van der Waals surface area contributed by atoms with Crippen molar-refractivity contribution in [1.29, 1.82) is 0 Å². The zero-order valence-corrected chi connectivity index (χ0v) is 15.1. The molecule has 6 nitrogen and oxygen atoms in total. The number of hydrogen-bond acceptors (Lipinski definition) is 3. The Morgan fingerprint density at radius 2 is 0.955 bits per heavy atom. The molecule has 3 aliphatic heterocycles. The van der Waals surface area contributed by atoms with Gasteiger partial charge in [0.15, 0.2) is 0 Å². The summed E-state index contributed by atoms with van der Waals surface area (Å²) in [6.07, 6.45) is 12.1. The molecular formula is C12H18BN6S3+3. The van der Waals surface area contributed by atoms with Crippen LogP contribution in [0.15, 0.2) is 37.2 Å². The van der Waals surface area contributed by atoms with Gasteiger partial charge in [-0.15, -0.1) is 0 Å². The van der Waals surface area contributed by atoms with Crippen LogP contribution >= 0.6 is 36.7 Å². The molecule has 0 radical (unpaired) electrons. The fourth-order valence-corrected chi connectivity index (χ4v) is 3.22. The first-order chi connectivity index (χ1) is 10.4. The Hall–Kier alpha value is -1.17. The van der Waals surface area contributed by atoms with Gasteiger partial charge in [-0.05, 0) is 0 Å². The largest absolute Gasteiger partial charge is 0.532 e. The summed E-state index contributed by atoms with van der Waals surface area (Å²) < 4.78 is 0. The van der Waals surface area contributed by atoms with Crippen LogP contribution in [0, 0.1) is 0 Å². The third-order valence-corrected chi connectivity index (χ3v) is 5.52. The third-order valence-electron chi connectivity index (χ3n) is 3.92. The number of nitrogens with one attached hydrogen (secondary N) is 3. The highest BCUT2D eigenvalue weighted by molar-refractivity contribution is 7.80. The molecule has 0 saturated heterocycles. The summed E-state index contributed by atoms with van der Waals surface area (Å²) in [6, 6.07) is 0. The Morgan fingerprint density at radius 3 is 1.14 bits per heavy atom. The quantitative estimate of drug-likeness (QED) is 0.364. The zero-order valence-electron chi connectivity index (χ0n) is 12.6. The number of hydrogen-bond donors (Lipinski definition) is 3. The van der Waals surface area contributed by atoms with Gasteiger partial charge in [-0.1, -0.05) is 0 Å². The first kappa shape index (κ1) is 15.7. The molecule has 0 bridgehead atoms. The predicted octanol–water partition coefficient (Wildman–Crippen LogP) is -3.27. The van der Waals surface area contributed by atoms with Crippen LogP contribution in [0.25, 0.3) is 0 Å². The molecule has 3 aliphatic rings. The number of nitrogens with zero attached hydrogens (tertiary/aromatic N) is 3. The van der Waals surface area contributed by atoms with Gasteiger partial charge in [0.1, 0.15) is 18.6 Å². The van der Waals surface area contributed by atoms with Gasteiger partial charge in [-0.3, -0.25) is 29.1 Å². The van der Waals surface area contributed by atoms with E-state index in [1.165, 1.54) is 0 Å². The van der Waals surface area contributed by atoms with Crippen LogP contribution in [-0.2, 0) is 0 Å². The van der Waals surface area contributed by atoms with E-state index in [2.05, 4.69) is 0 Å². The second kappa shape index (κ2) is 5.80. The average molecular weight is 353 g/mol. The summed E-state index contributed by atoms with van der Waals surface area (Å²) in [4.78, 5) is 9.33. The SMILES string of the molecule is C[NH+]1C=CN(B(N2C=C[NH+](C)C2=S)N2C=C[NH+](C)C2=S)C1=S. The highest BCUT2D eigenvalue weighted by Gasteiger charge is 2.50. The smallest absolute Gasteiger partial charge is 0.291 e. The summed E-state index contributed by atoms with van der Waals surface area (Å²) in [5, 5.41) is 2.39. The lowest BCUT2D eigenvalue weighted by molar-refractivity contribution is -0.718. The Kier molecular flexibility index (Phi) is 4.14. The fourth-order valence-electron chi connectivity index (χ4n) is 2.55. The van der Waals surface area contributed by atoms with Crippen LogP contribution in [0.2, 0.25) is 0 Å². The maximum atomic E-state index is 5.57. The molecule has 0 aromatic rings. The van der Waals surface area contributed by atoms with E-state index in [4.69, 9.17) is 36.7 Å². The van der Waals surface area contributed by atoms with E-state index in [-0.39, 0.29) is 7.12 Å². The van der Waals surface area contributed by atoms with Gasteiger partial charge in [-0.25, -0.2) is 0 Å². The molecule has 0 aliphatic carbocycles. The lowest BCUT2D eigenvalue weighted by Crippen LogP contribution is -3.09. The minimum Gasteiger partial charge on any atom is -0.291 e. The van der Waals surface area contributed by atoms with Gasteiger partial charge in [0, 0.05) is 36.7 Å². The van der Waals surface area contributed by atoms with E-state index in [1.54, 1.807) is 0 Å². The molecule has 22 heavy (non-hydrogen) atoms. The fraction of sp³-hybridized carbons (Fsp3) is 0.250. The Labute approximate surface area is 146 Å². The Bertz CT molecular complexity index is 547. The van der Waals surface area contributed by atoms with Gasteiger partial charge in [0.05, 0.1) is 39.7 Å². The van der Waals surface area contributed by atoms with E-state index in [9.17, 15) is 0 Å². The minimum atomic E-state index is -0.205. The summed E-state index contributed by atoms with van der Waals surface area (Å²) in [6.45, 7) is 0. The van der Waals surface area contributed by atoms with Crippen LogP contribution in [0.1, 0.15) is 0 Å². The van der Waals surface area contributed by atoms with E-state index < -0.39 is 0 Å². The summed E-state index contributed by atoms with van der Waals surface area (Å²) in [5.74, 6) is 0. The second-order valence-corrected chi connectivity index (χ2v) is 6.64. The molecule has 0 amide bonds. The van der Waals surface area contributed by atoms with Gasteiger partial charge >= 0.3 is 7.12 Å². The van der Waals surface area contributed by atoms with Crippen molar-refractivity contribution in [2.24, 2.45) is 0 Å². The van der Waals surface area contributed by atoms with Crippen molar-refractivity contribution in [1.82, 2.24) is 14.4 Å². The van der Waals surface area contributed by atoms with Gasteiger partial charge < -0.3 is 0 Å². The van der Waals surface area contributed by atoms with Crippen molar-refractivity contribution in [2.75, 3.05) is 21.1 Å². The highest BCUT2D eigenvalue weighted by Crippen LogP contribution is 2.14. The molecule has 3 N–H and O–H groups in total. The molecule has 3 rings (SSSR count). The van der Waals surface area contributed by atoms with Crippen molar-refractivity contribution in [2.45, 2.75) is 0 Å². The van der Waals surface area contributed by atoms with Crippen molar-refractivity contribution in [3.05, 3.63) is 37.2 Å². The first-order valence-electron chi connectivity index (χ1n) is 6.95. The normalized spacial score (nSPS) is 30.4. The molecule has 0 aromatic carbocycles. The van der Waals surface area contributed by atoms with E-state index in [0.717, 1.165) is 30.0 Å². The summed E-state index contributed by atoms with van der Waals surface area (Å²) >= 11 is 16.7. The molecule has 0 fully saturated rings. The molecule has 0 spiro atoms. The third kappa shape index (κ3) is 2.41. The molecular weight excluding hydrogens is 335 g/mol. The van der Waals surface area contributed by atoms with Crippen molar-refractivity contribution in [3.63, 3.8) is 0 Å². The van der Waals surface area contributed by atoms with Gasteiger partial charge in [-0.2, -0.15) is 0 Å². The monoisotopic (exact) mass is 353 g/mol. The molecule has 0 saturated carbocycles. The summed E-state index contributed by atoms with van der Waals surface area (Å²) in [7, 11) is 5.84. The highest BCUT2D eigenvalue weighted by atomic mass is 32.1. The Balaban J connectivity index is 1.97. The molecule has 0 aromatic heterocycles. The Morgan fingerprint density at radius 1 is 0.682 bits per heavy atom. The number of thiocarbonyl (C=S) groups is 3. The van der Waals surface area contributed by atoms with Gasteiger partial charge in [0.25, 0.3) is 15.3 Å². The average Bonchev–Trinajstić information content (AvgIpc) is 3.10. The standard InChI is InChI=1S/C12H15BN6S3/c1-14-4-7-17(10(14)20)13(18-8-5-15(2)11(18)21)19-9-6-16(3)12(19)22/h4-9H,1-3H3/p+3. The zero-order chi connectivity index (χ0) is 16.0. The van der Waals surface area contributed by atoms with Crippen LogP contribution in [0.4, 0.5) is 0 Å². The number of rotatable bonds is 3. The summed E-state index contributed by atoms with van der Waals surface area (Å²) in [5.41, 5.74) is 0. The minimum absolute atomic E-state index is 0.205. The van der Waals surface area contributed by atoms with E-state index in [1.807, 2.05) is 72.8 Å². The van der Waals surface area contributed by atoms with Crippen molar-refractivity contribution < 1.29 is 14.7 Å². The van der Waals surface area contributed by atoms with Crippen molar-refractivity contribution in [3.8, 4) is 0 Å². The van der Waals surface area contributed by atoms with Crippen LogP contribution < -0.4 is 14.7 Å². The van der Waals surface area contributed by atoms with E-state index in [0.29, 0.717) is 0 Å². The molecule has 114 valence electrons. The van der Waals surface area contributed by atoms with Crippen molar-refractivity contribution >= 4 is 59.1 Å². The second-order valence-electron chi connectivity index (χ2n) is 5.48. The molecule has 3 atom stereocenters. The molecule has 3 unspecified atom stereocenters. The topological polar surface area (TPSA) is 23.0 Å². The predicted molar refractivity (Wildman–Crippen MR) is 97.1 cm³/mol. The first-order valence-corrected chi connectivity index (χ1v) is 8.17. The maximum Gasteiger partial charge on any atom is 0.532 e. The van der Waals surface area contributed by atoms with Gasteiger partial charge in [0.2, 0.25) is 0 Å². The van der Waals surface area contributed by atoms with Crippen LogP contribution in [-0.4, -0.2) is 58.0 Å². The van der Waals surface area contributed by atoms with E-state index >= 15 is 0 Å². The lowest BCUT2D eigenvalue weighted by Gasteiger charge is -2.32. The lowest BCUT2D eigenvalue weighted by atomic mass is 9.86. The maximum absolute atomic E-state index is 5.57. The van der Waals surface area contributed by atoms with Crippen LogP contribution in [0.3, 0.4) is 0 Å².